The molecule has 1 aliphatic carbocycles. The number of halogens is 6. The van der Waals surface area contributed by atoms with Crippen LogP contribution in [0.3, 0.4) is 0 Å². The number of carbonyl (C=O) groups excluding carboxylic acids is 1. The van der Waals surface area contributed by atoms with Crippen LogP contribution in [-0.4, -0.2) is 5.78 Å². The van der Waals surface area contributed by atoms with Crippen molar-refractivity contribution < 1.29 is 31.1 Å². The summed E-state index contributed by atoms with van der Waals surface area (Å²) in [7, 11) is 0. The van der Waals surface area contributed by atoms with E-state index in [-0.39, 0.29) is 6.07 Å². The number of alkyl halides is 6. The van der Waals surface area contributed by atoms with Crippen molar-refractivity contribution in [2.75, 3.05) is 0 Å². The van der Waals surface area contributed by atoms with Crippen LogP contribution in [0.4, 0.5) is 26.3 Å². The molecule has 0 bridgehead atoms. The van der Waals surface area contributed by atoms with Crippen molar-refractivity contribution in [2.24, 2.45) is 5.92 Å². The second-order valence-electron chi connectivity index (χ2n) is 5.49. The Kier molecular flexibility index (Phi) is 4.54. The molecule has 0 N–H and O–H groups in total. The van der Waals surface area contributed by atoms with Gasteiger partial charge in [-0.05, 0) is 31.0 Å². The average molecular weight is 324 g/mol. The average Bonchev–Trinajstić information content (AvgIpc) is 2.45. The molecule has 122 valence electrons. The second-order valence-corrected chi connectivity index (χ2v) is 5.49. The SMILES string of the molecule is O=C(c1cc(C(F)(F)F)cc(C(F)(F)F)c1)C1CCCCC1. The lowest BCUT2D eigenvalue weighted by molar-refractivity contribution is -0.143. The van der Waals surface area contributed by atoms with Gasteiger partial charge in [0.1, 0.15) is 0 Å². The van der Waals surface area contributed by atoms with Gasteiger partial charge in [-0.3, -0.25) is 4.79 Å². The fraction of sp³-hybridized carbons (Fsp3) is 0.533. The molecular weight excluding hydrogens is 310 g/mol. The summed E-state index contributed by atoms with van der Waals surface area (Å²) in [4.78, 5) is 12.2. The van der Waals surface area contributed by atoms with E-state index >= 15 is 0 Å². The molecule has 1 saturated carbocycles. The van der Waals surface area contributed by atoms with Crippen molar-refractivity contribution in [3.05, 3.63) is 34.9 Å². The van der Waals surface area contributed by atoms with Crippen LogP contribution < -0.4 is 0 Å². The molecule has 0 saturated heterocycles. The van der Waals surface area contributed by atoms with Gasteiger partial charge in [-0.2, -0.15) is 26.3 Å². The summed E-state index contributed by atoms with van der Waals surface area (Å²) in [6.45, 7) is 0. The van der Waals surface area contributed by atoms with Gasteiger partial charge >= 0.3 is 12.4 Å². The Balaban J connectivity index is 2.43. The molecule has 0 amide bonds. The Bertz CT molecular complexity index is 520. The molecule has 0 aliphatic heterocycles. The highest BCUT2D eigenvalue weighted by molar-refractivity contribution is 5.98. The van der Waals surface area contributed by atoms with Crippen LogP contribution in [0.5, 0.6) is 0 Å². The molecule has 22 heavy (non-hydrogen) atoms. The fourth-order valence-corrected chi connectivity index (χ4v) is 2.70. The van der Waals surface area contributed by atoms with Crippen LogP contribution >= 0.6 is 0 Å². The first kappa shape index (κ1) is 16.8. The van der Waals surface area contributed by atoms with Crippen molar-refractivity contribution in [1.82, 2.24) is 0 Å². The molecular formula is C15H14F6O. The minimum atomic E-state index is -4.93. The molecule has 0 radical (unpaired) electrons. The first-order chi connectivity index (χ1) is 10.1. The third-order valence-electron chi connectivity index (χ3n) is 3.85. The van der Waals surface area contributed by atoms with Gasteiger partial charge in [0.25, 0.3) is 0 Å². The van der Waals surface area contributed by atoms with E-state index in [0.29, 0.717) is 25.0 Å². The van der Waals surface area contributed by atoms with Gasteiger partial charge in [0.15, 0.2) is 5.78 Å². The van der Waals surface area contributed by atoms with Gasteiger partial charge < -0.3 is 0 Å². The molecule has 1 nitrogen and oxygen atoms in total. The van der Waals surface area contributed by atoms with E-state index in [2.05, 4.69) is 0 Å². The molecule has 1 aromatic carbocycles. The van der Waals surface area contributed by atoms with Gasteiger partial charge in [-0.25, -0.2) is 0 Å². The first-order valence-electron chi connectivity index (χ1n) is 6.93. The standard InChI is InChI=1S/C15H14F6O/c16-14(17,18)11-6-10(7-12(8-11)15(19,20)21)13(22)9-4-2-1-3-5-9/h6-9H,1-5H2. The van der Waals surface area contributed by atoms with E-state index in [9.17, 15) is 31.1 Å². The topological polar surface area (TPSA) is 17.1 Å². The Morgan fingerprint density at radius 2 is 1.27 bits per heavy atom. The third-order valence-corrected chi connectivity index (χ3v) is 3.85. The summed E-state index contributed by atoms with van der Waals surface area (Å²) in [5.74, 6) is -1.12. The number of rotatable bonds is 2. The van der Waals surface area contributed by atoms with E-state index in [1.807, 2.05) is 0 Å². The Morgan fingerprint density at radius 1 is 0.818 bits per heavy atom. The molecule has 0 spiro atoms. The van der Waals surface area contributed by atoms with E-state index in [4.69, 9.17) is 0 Å². The second kappa shape index (κ2) is 5.93. The number of benzene rings is 1. The normalized spacial score (nSPS) is 17.5. The van der Waals surface area contributed by atoms with Crippen LogP contribution in [0.15, 0.2) is 18.2 Å². The van der Waals surface area contributed by atoms with E-state index < -0.39 is 40.7 Å². The quantitative estimate of drug-likeness (QED) is 0.519. The summed E-state index contributed by atoms with van der Waals surface area (Å²) in [5, 5.41) is 0. The van der Waals surface area contributed by atoms with Crippen molar-refractivity contribution in [2.45, 2.75) is 44.5 Å². The predicted octanol–water partition coefficient (Wildman–Crippen LogP) is 5.49. The van der Waals surface area contributed by atoms with E-state index in [1.165, 1.54) is 0 Å². The fourth-order valence-electron chi connectivity index (χ4n) is 2.70. The summed E-state index contributed by atoms with van der Waals surface area (Å²) in [5.41, 5.74) is -3.39. The maximum Gasteiger partial charge on any atom is 0.416 e. The molecule has 2 rings (SSSR count). The van der Waals surface area contributed by atoms with Crippen molar-refractivity contribution >= 4 is 5.78 Å². The van der Waals surface area contributed by atoms with Crippen molar-refractivity contribution in [3.63, 3.8) is 0 Å². The molecule has 0 atom stereocenters. The number of ketones is 1. The summed E-state index contributed by atoms with van der Waals surface area (Å²) < 4.78 is 76.6. The van der Waals surface area contributed by atoms with Gasteiger partial charge in [-0.1, -0.05) is 19.3 Å². The van der Waals surface area contributed by atoms with Gasteiger partial charge in [-0.15, -0.1) is 0 Å². The minimum Gasteiger partial charge on any atom is -0.294 e. The molecule has 1 fully saturated rings. The Morgan fingerprint density at radius 3 is 1.68 bits per heavy atom. The van der Waals surface area contributed by atoms with Crippen molar-refractivity contribution in [3.8, 4) is 0 Å². The highest BCUT2D eigenvalue weighted by Crippen LogP contribution is 2.37. The van der Waals surface area contributed by atoms with Crippen LogP contribution in [0.25, 0.3) is 0 Å². The lowest BCUT2D eigenvalue weighted by Gasteiger charge is -2.21. The number of Topliss-reactive ketones (excluding diaryl/α,β-unsaturated/α-hetero) is 1. The summed E-state index contributed by atoms with van der Waals surface area (Å²) in [6, 6.07) is 1.08. The number of hydrogen-bond acceptors (Lipinski definition) is 1. The highest BCUT2D eigenvalue weighted by Gasteiger charge is 2.38. The maximum atomic E-state index is 12.8. The van der Waals surface area contributed by atoms with E-state index in [1.54, 1.807) is 0 Å². The molecule has 0 heterocycles. The number of carbonyl (C=O) groups is 1. The zero-order valence-corrected chi connectivity index (χ0v) is 11.5. The van der Waals surface area contributed by atoms with Crippen LogP contribution in [0, 0.1) is 5.92 Å². The van der Waals surface area contributed by atoms with Crippen LogP contribution in [0.1, 0.15) is 53.6 Å². The zero-order valence-electron chi connectivity index (χ0n) is 11.5. The smallest absolute Gasteiger partial charge is 0.294 e. The van der Waals surface area contributed by atoms with Crippen LogP contribution in [-0.2, 0) is 12.4 Å². The zero-order chi connectivity index (χ0) is 16.5. The molecule has 7 heteroatoms. The van der Waals surface area contributed by atoms with Gasteiger partial charge in [0, 0.05) is 11.5 Å². The molecule has 0 unspecified atom stereocenters. The third kappa shape index (κ3) is 3.81. The molecule has 0 aromatic heterocycles. The van der Waals surface area contributed by atoms with Crippen molar-refractivity contribution in [1.29, 1.82) is 0 Å². The first-order valence-corrected chi connectivity index (χ1v) is 6.93. The summed E-state index contributed by atoms with van der Waals surface area (Å²) >= 11 is 0. The molecule has 1 aromatic rings. The predicted molar refractivity (Wildman–Crippen MR) is 67.4 cm³/mol. The maximum absolute atomic E-state index is 12.8. The van der Waals surface area contributed by atoms with Gasteiger partial charge in [0.05, 0.1) is 11.1 Å². The summed E-state index contributed by atoms with van der Waals surface area (Å²) in [6.07, 6.45) is -6.37. The Hall–Kier alpha value is -1.53. The van der Waals surface area contributed by atoms with Crippen LogP contribution in [0.2, 0.25) is 0 Å². The minimum absolute atomic E-state index is 0.0393. The monoisotopic (exact) mass is 324 g/mol. The lowest BCUT2D eigenvalue weighted by Crippen LogP contribution is -2.20. The van der Waals surface area contributed by atoms with E-state index in [0.717, 1.165) is 19.3 Å². The number of hydrogen-bond donors (Lipinski definition) is 0. The van der Waals surface area contributed by atoms with Gasteiger partial charge in [0.2, 0.25) is 0 Å². The Labute approximate surface area is 123 Å². The lowest BCUT2D eigenvalue weighted by atomic mass is 9.83. The molecule has 1 aliphatic rings. The highest BCUT2D eigenvalue weighted by atomic mass is 19.4. The largest absolute Gasteiger partial charge is 0.416 e.